The summed E-state index contributed by atoms with van der Waals surface area (Å²) in [7, 11) is 0. The first-order valence-corrected chi connectivity index (χ1v) is 12.9. The fraction of sp³-hybridized carbons (Fsp3) is 0.636. The standard InChI is InChI=1S/C22H29ClFN5O4S/c1-6-12(15-11-8-7-10(9-25-15)29(11)21(31)33-22(2,3)4)32-19-13-16(14(24)17(23)27-19)26-20(34-5)28-18(13)30/h10-12,15,25H,6-9H2,1-5H3,(H,26,28,30)/t10-,11+,12?,15+/m1/s1. The number of aromatic nitrogens is 3. The summed E-state index contributed by atoms with van der Waals surface area (Å²) in [5.74, 6) is -0.954. The van der Waals surface area contributed by atoms with Gasteiger partial charge in [-0.1, -0.05) is 30.3 Å². The topological polar surface area (TPSA) is 109 Å². The second-order valence-corrected chi connectivity index (χ2v) is 10.7. The maximum Gasteiger partial charge on any atom is 0.410 e. The van der Waals surface area contributed by atoms with Crippen molar-refractivity contribution in [1.82, 2.24) is 25.2 Å². The molecule has 4 heterocycles. The average molecular weight is 514 g/mol. The van der Waals surface area contributed by atoms with Crippen LogP contribution in [0.1, 0.15) is 47.0 Å². The molecule has 4 atom stereocenters. The van der Waals surface area contributed by atoms with Crippen molar-refractivity contribution in [3.8, 4) is 5.88 Å². The molecular weight excluding hydrogens is 485 g/mol. The molecule has 2 aliphatic heterocycles. The van der Waals surface area contributed by atoms with Gasteiger partial charge < -0.3 is 19.8 Å². The van der Waals surface area contributed by atoms with Crippen LogP contribution in [-0.4, -0.2) is 68.6 Å². The first-order valence-electron chi connectivity index (χ1n) is 11.3. The smallest absolute Gasteiger partial charge is 0.410 e. The molecular formula is C22H29ClFN5O4S. The Bertz CT molecular complexity index is 1160. The Balaban J connectivity index is 1.67. The molecule has 0 saturated carbocycles. The van der Waals surface area contributed by atoms with Crippen LogP contribution in [-0.2, 0) is 4.74 Å². The molecule has 1 amide bonds. The number of nitrogens with one attached hydrogen (secondary N) is 2. The molecule has 2 N–H and O–H groups in total. The van der Waals surface area contributed by atoms with Crippen LogP contribution in [0.15, 0.2) is 9.95 Å². The third-order valence-corrected chi connectivity index (χ3v) is 6.94. The number of fused-ring (bicyclic) bond motifs is 3. The molecule has 0 spiro atoms. The molecule has 186 valence electrons. The Morgan fingerprint density at radius 3 is 2.74 bits per heavy atom. The molecule has 34 heavy (non-hydrogen) atoms. The van der Waals surface area contributed by atoms with Gasteiger partial charge in [-0.3, -0.25) is 9.69 Å². The summed E-state index contributed by atoms with van der Waals surface area (Å²) in [5, 5.41) is 3.24. The van der Waals surface area contributed by atoms with Gasteiger partial charge in [-0.05, 0) is 46.3 Å². The van der Waals surface area contributed by atoms with E-state index in [2.05, 4.69) is 20.3 Å². The van der Waals surface area contributed by atoms with Crippen LogP contribution in [0.25, 0.3) is 10.9 Å². The molecule has 2 fully saturated rings. The maximum absolute atomic E-state index is 14.7. The fourth-order valence-corrected chi connectivity index (χ4v) is 5.23. The highest BCUT2D eigenvalue weighted by Gasteiger charge is 2.49. The molecule has 0 aromatic carbocycles. The van der Waals surface area contributed by atoms with Gasteiger partial charge in [0.2, 0.25) is 5.88 Å². The zero-order valence-corrected chi connectivity index (χ0v) is 21.3. The quantitative estimate of drug-likeness (QED) is 0.353. The van der Waals surface area contributed by atoms with Gasteiger partial charge in [0.15, 0.2) is 16.1 Å². The third kappa shape index (κ3) is 4.70. The zero-order chi connectivity index (χ0) is 24.8. The normalized spacial score (nSPS) is 23.3. The van der Waals surface area contributed by atoms with E-state index in [9.17, 15) is 14.0 Å². The van der Waals surface area contributed by atoms with Crippen molar-refractivity contribution in [3.05, 3.63) is 21.3 Å². The summed E-state index contributed by atoms with van der Waals surface area (Å²) in [6.07, 6.45) is 3.10. The Morgan fingerprint density at radius 2 is 2.09 bits per heavy atom. The lowest BCUT2D eigenvalue weighted by atomic mass is 9.97. The van der Waals surface area contributed by atoms with Crippen LogP contribution >= 0.6 is 23.4 Å². The number of carbonyl (C=O) groups excluding carboxylic acids is 1. The van der Waals surface area contributed by atoms with E-state index in [0.29, 0.717) is 13.0 Å². The van der Waals surface area contributed by atoms with Crippen LogP contribution in [0, 0.1) is 5.82 Å². The largest absolute Gasteiger partial charge is 0.472 e. The van der Waals surface area contributed by atoms with Gasteiger partial charge in [0.25, 0.3) is 5.56 Å². The summed E-state index contributed by atoms with van der Waals surface area (Å²) in [6.45, 7) is 8.05. The second kappa shape index (κ2) is 9.50. The predicted molar refractivity (Wildman–Crippen MR) is 128 cm³/mol. The second-order valence-electron chi connectivity index (χ2n) is 9.51. The molecule has 12 heteroatoms. The lowest BCUT2D eigenvalue weighted by molar-refractivity contribution is -0.00698. The van der Waals surface area contributed by atoms with E-state index in [0.717, 1.165) is 12.8 Å². The van der Waals surface area contributed by atoms with E-state index < -0.39 is 28.2 Å². The lowest BCUT2D eigenvalue weighted by Crippen LogP contribution is -2.64. The molecule has 0 aliphatic carbocycles. The van der Waals surface area contributed by atoms with Gasteiger partial charge in [0.1, 0.15) is 22.6 Å². The van der Waals surface area contributed by atoms with E-state index in [4.69, 9.17) is 21.1 Å². The van der Waals surface area contributed by atoms with E-state index in [1.165, 1.54) is 11.8 Å². The molecule has 2 aliphatic rings. The van der Waals surface area contributed by atoms with Gasteiger partial charge in [-0.15, -0.1) is 0 Å². The van der Waals surface area contributed by atoms with Crippen LogP contribution in [0.2, 0.25) is 5.15 Å². The number of piperazine rings is 1. The van der Waals surface area contributed by atoms with E-state index in [-0.39, 0.29) is 46.2 Å². The number of nitrogens with zero attached hydrogens (tertiary/aromatic N) is 3. The number of H-pyrrole nitrogens is 1. The van der Waals surface area contributed by atoms with Gasteiger partial charge in [-0.25, -0.2) is 14.2 Å². The first kappa shape index (κ1) is 25.0. The predicted octanol–water partition coefficient (Wildman–Crippen LogP) is 3.73. The number of rotatable bonds is 5. The van der Waals surface area contributed by atoms with Gasteiger partial charge >= 0.3 is 6.09 Å². The van der Waals surface area contributed by atoms with Crippen molar-refractivity contribution in [2.24, 2.45) is 0 Å². The van der Waals surface area contributed by atoms with Crippen molar-refractivity contribution < 1.29 is 18.7 Å². The van der Waals surface area contributed by atoms with E-state index in [1.807, 2.05) is 27.7 Å². The van der Waals surface area contributed by atoms with Crippen LogP contribution in [0.5, 0.6) is 5.88 Å². The Labute approximate surface area is 206 Å². The van der Waals surface area contributed by atoms with Crippen molar-refractivity contribution >= 4 is 40.4 Å². The summed E-state index contributed by atoms with van der Waals surface area (Å²) in [6, 6.07) is -0.348. The summed E-state index contributed by atoms with van der Waals surface area (Å²) < 4.78 is 26.6. The maximum atomic E-state index is 14.7. The fourth-order valence-electron chi connectivity index (χ4n) is 4.69. The van der Waals surface area contributed by atoms with Crippen molar-refractivity contribution in [1.29, 1.82) is 0 Å². The number of thioether (sulfide) groups is 1. The lowest BCUT2D eigenvalue weighted by Gasteiger charge is -2.43. The Kier molecular flexibility index (Phi) is 6.99. The molecule has 2 aromatic rings. The number of ether oxygens (including phenoxy) is 2. The monoisotopic (exact) mass is 513 g/mol. The molecule has 0 radical (unpaired) electrons. The molecule has 2 aromatic heterocycles. The summed E-state index contributed by atoms with van der Waals surface area (Å²) in [5.41, 5.74) is -1.35. The van der Waals surface area contributed by atoms with Crippen molar-refractivity contribution in [3.63, 3.8) is 0 Å². The van der Waals surface area contributed by atoms with Gasteiger partial charge in [0, 0.05) is 12.6 Å². The number of hydrogen-bond acceptors (Lipinski definition) is 8. The number of halogens is 2. The van der Waals surface area contributed by atoms with Gasteiger partial charge in [0.05, 0.1) is 12.1 Å². The summed E-state index contributed by atoms with van der Waals surface area (Å²) in [4.78, 5) is 38.3. The van der Waals surface area contributed by atoms with Crippen molar-refractivity contribution in [2.75, 3.05) is 12.8 Å². The summed E-state index contributed by atoms with van der Waals surface area (Å²) >= 11 is 7.21. The SMILES string of the molecule is CCC(Oc1nc(Cl)c(F)c2nc(SC)[nH]c(=O)c12)[C@H]1NC[C@H]2CC[C@@H]1N2C(=O)OC(C)(C)C. The minimum absolute atomic E-state index is 0.0461. The number of carbonyl (C=O) groups is 1. The number of amides is 1. The highest BCUT2D eigenvalue weighted by Crippen LogP contribution is 2.35. The number of hydrogen-bond donors (Lipinski definition) is 2. The minimum atomic E-state index is -0.871. The highest BCUT2D eigenvalue weighted by molar-refractivity contribution is 7.98. The molecule has 2 saturated heterocycles. The highest BCUT2D eigenvalue weighted by atomic mass is 35.5. The van der Waals surface area contributed by atoms with Gasteiger partial charge in [-0.2, -0.15) is 4.98 Å². The molecule has 9 nitrogen and oxygen atoms in total. The minimum Gasteiger partial charge on any atom is -0.472 e. The van der Waals surface area contributed by atoms with E-state index in [1.54, 1.807) is 11.2 Å². The Hall–Kier alpha value is -2.11. The molecule has 4 rings (SSSR count). The average Bonchev–Trinajstić information content (AvgIpc) is 3.07. The molecule has 2 bridgehead atoms. The van der Waals surface area contributed by atoms with Crippen LogP contribution in [0.3, 0.4) is 0 Å². The third-order valence-electron chi connectivity index (χ3n) is 6.11. The van der Waals surface area contributed by atoms with Crippen LogP contribution < -0.4 is 15.6 Å². The zero-order valence-electron chi connectivity index (χ0n) is 19.8. The van der Waals surface area contributed by atoms with E-state index >= 15 is 0 Å². The number of aromatic amines is 1. The first-order chi connectivity index (χ1) is 16.0. The molecule has 1 unspecified atom stereocenters. The van der Waals surface area contributed by atoms with Crippen LogP contribution in [0.4, 0.5) is 9.18 Å². The Morgan fingerprint density at radius 1 is 1.35 bits per heavy atom. The number of pyridine rings is 1. The van der Waals surface area contributed by atoms with Crippen molar-refractivity contribution in [2.45, 2.75) is 81.9 Å².